The number of benzene rings is 1. The van der Waals surface area contributed by atoms with Gasteiger partial charge in [-0.05, 0) is 37.1 Å². The summed E-state index contributed by atoms with van der Waals surface area (Å²) in [5.74, 6) is 6.91. The minimum absolute atomic E-state index is 0.635. The van der Waals surface area contributed by atoms with Gasteiger partial charge in [-0.1, -0.05) is 11.8 Å². The molecule has 0 aromatic heterocycles. The van der Waals surface area contributed by atoms with E-state index in [1.54, 1.807) is 12.1 Å². The monoisotopic (exact) mass is 167 g/mol. The van der Waals surface area contributed by atoms with Crippen LogP contribution in [-0.2, 0) is 0 Å². The molecule has 1 nitrogen and oxygen atoms in total. The second kappa shape index (κ2) is 3.33. The molecule has 2 rings (SSSR count). The van der Waals surface area contributed by atoms with Gasteiger partial charge in [-0.2, -0.15) is 5.26 Å². The molecular formula is C12H9N. The van der Waals surface area contributed by atoms with Gasteiger partial charge in [0.2, 0.25) is 0 Å². The van der Waals surface area contributed by atoms with Crippen molar-refractivity contribution in [3.63, 3.8) is 0 Å². The first-order valence-corrected chi connectivity index (χ1v) is 4.40. The minimum Gasteiger partial charge on any atom is -0.192 e. The van der Waals surface area contributed by atoms with E-state index in [9.17, 15) is 0 Å². The molecule has 0 bridgehead atoms. The highest BCUT2D eigenvalue weighted by Gasteiger charge is 2.17. The highest BCUT2D eigenvalue weighted by Crippen LogP contribution is 2.27. The minimum atomic E-state index is 0.635. The zero-order valence-electron chi connectivity index (χ0n) is 7.25. The fourth-order valence-corrected chi connectivity index (χ4v) is 1.04. The van der Waals surface area contributed by atoms with E-state index in [4.69, 9.17) is 5.26 Å². The molecule has 0 aliphatic heterocycles. The first-order valence-electron chi connectivity index (χ1n) is 4.40. The van der Waals surface area contributed by atoms with Crippen LogP contribution in [0.5, 0.6) is 0 Å². The molecule has 62 valence electrons. The summed E-state index contributed by atoms with van der Waals surface area (Å²) in [5, 5.41) is 8.57. The molecule has 0 atom stereocenters. The lowest BCUT2D eigenvalue weighted by Gasteiger charge is -1.89. The van der Waals surface area contributed by atoms with Crippen LogP contribution in [0.4, 0.5) is 0 Å². The van der Waals surface area contributed by atoms with Gasteiger partial charge in [0, 0.05) is 11.5 Å². The number of nitriles is 1. The molecule has 1 aliphatic rings. The molecule has 1 fully saturated rings. The van der Waals surface area contributed by atoms with Gasteiger partial charge in [0.05, 0.1) is 11.6 Å². The fraction of sp³-hybridized carbons (Fsp3) is 0.250. The van der Waals surface area contributed by atoms with Crippen molar-refractivity contribution in [3.05, 3.63) is 35.4 Å². The summed E-state index contributed by atoms with van der Waals surface area (Å²) in [5.41, 5.74) is 1.70. The van der Waals surface area contributed by atoms with Gasteiger partial charge in [0.25, 0.3) is 0 Å². The lowest BCUT2D eigenvalue weighted by molar-refractivity contribution is 1.18. The van der Waals surface area contributed by atoms with Gasteiger partial charge < -0.3 is 0 Å². The molecule has 0 N–H and O–H groups in total. The van der Waals surface area contributed by atoms with Gasteiger partial charge in [-0.25, -0.2) is 0 Å². The molecule has 1 saturated carbocycles. The molecule has 0 unspecified atom stereocenters. The van der Waals surface area contributed by atoms with Crippen LogP contribution in [0, 0.1) is 29.1 Å². The predicted molar refractivity (Wildman–Crippen MR) is 50.8 cm³/mol. The molecule has 13 heavy (non-hydrogen) atoms. The summed E-state index contributed by atoms with van der Waals surface area (Å²) in [4.78, 5) is 0. The van der Waals surface area contributed by atoms with Gasteiger partial charge in [0.15, 0.2) is 0 Å². The van der Waals surface area contributed by atoms with Gasteiger partial charge >= 0.3 is 0 Å². The molecule has 0 heterocycles. The zero-order chi connectivity index (χ0) is 9.10. The molecule has 0 saturated heterocycles. The van der Waals surface area contributed by atoms with Crippen LogP contribution in [-0.4, -0.2) is 0 Å². The Labute approximate surface area is 78.0 Å². The van der Waals surface area contributed by atoms with Gasteiger partial charge in [0.1, 0.15) is 0 Å². The number of hydrogen-bond acceptors (Lipinski definition) is 1. The average Bonchev–Trinajstić information content (AvgIpc) is 2.99. The Kier molecular flexibility index (Phi) is 2.02. The molecule has 1 aliphatic carbocycles. The summed E-state index contributed by atoms with van der Waals surface area (Å²) in [6.45, 7) is 0. The van der Waals surface area contributed by atoms with Crippen LogP contribution in [0.1, 0.15) is 24.0 Å². The second-order valence-corrected chi connectivity index (χ2v) is 3.23. The Morgan fingerprint density at radius 3 is 2.23 bits per heavy atom. The maximum absolute atomic E-state index is 8.57. The predicted octanol–water partition coefficient (Wildman–Crippen LogP) is 2.32. The molecule has 0 spiro atoms. The topological polar surface area (TPSA) is 23.8 Å². The highest BCUT2D eigenvalue weighted by atomic mass is 14.2. The first-order chi connectivity index (χ1) is 6.38. The molecule has 0 amide bonds. The van der Waals surface area contributed by atoms with E-state index in [0.29, 0.717) is 11.5 Å². The lowest BCUT2D eigenvalue weighted by atomic mass is 10.1. The Bertz CT molecular complexity index is 393. The fourth-order valence-electron chi connectivity index (χ4n) is 1.04. The smallest absolute Gasteiger partial charge is 0.0991 e. The molecule has 0 radical (unpaired) electrons. The Hall–Kier alpha value is -1.73. The SMILES string of the molecule is N#Cc1ccc(C#CC2CC2)cc1. The van der Waals surface area contributed by atoms with Crippen LogP contribution < -0.4 is 0 Å². The van der Waals surface area contributed by atoms with E-state index >= 15 is 0 Å². The van der Waals surface area contributed by atoms with Crippen LogP contribution in [0.15, 0.2) is 24.3 Å². The summed E-state index contributed by atoms with van der Waals surface area (Å²) in [6.07, 6.45) is 2.51. The number of nitrogens with zero attached hydrogens (tertiary/aromatic N) is 1. The third-order valence-corrected chi connectivity index (χ3v) is 2.01. The van der Waals surface area contributed by atoms with Crippen molar-refractivity contribution in [1.29, 1.82) is 5.26 Å². The van der Waals surface area contributed by atoms with Crippen molar-refractivity contribution in [2.24, 2.45) is 5.92 Å². The van der Waals surface area contributed by atoms with E-state index in [0.717, 1.165) is 5.56 Å². The molecule has 1 heteroatoms. The van der Waals surface area contributed by atoms with E-state index < -0.39 is 0 Å². The van der Waals surface area contributed by atoms with Crippen LogP contribution in [0.3, 0.4) is 0 Å². The normalized spacial score (nSPS) is 14.1. The summed E-state index contributed by atoms with van der Waals surface area (Å²) < 4.78 is 0. The standard InChI is InChI=1S/C12H9N/c13-9-12-7-5-11(6-8-12)4-3-10-1-2-10/h5-8,10H,1-2H2. The van der Waals surface area contributed by atoms with E-state index in [-0.39, 0.29) is 0 Å². The van der Waals surface area contributed by atoms with E-state index in [1.165, 1.54) is 12.8 Å². The number of hydrogen-bond donors (Lipinski definition) is 0. The van der Waals surface area contributed by atoms with E-state index in [2.05, 4.69) is 17.9 Å². The summed E-state index contributed by atoms with van der Waals surface area (Å²) >= 11 is 0. The van der Waals surface area contributed by atoms with Crippen molar-refractivity contribution in [2.45, 2.75) is 12.8 Å². The molecule has 1 aromatic carbocycles. The maximum Gasteiger partial charge on any atom is 0.0991 e. The van der Waals surface area contributed by atoms with Crippen molar-refractivity contribution >= 4 is 0 Å². The molecular weight excluding hydrogens is 158 g/mol. The van der Waals surface area contributed by atoms with Crippen LogP contribution >= 0.6 is 0 Å². The van der Waals surface area contributed by atoms with Gasteiger partial charge in [-0.3, -0.25) is 0 Å². The van der Waals surface area contributed by atoms with Crippen LogP contribution in [0.25, 0.3) is 0 Å². The summed E-state index contributed by atoms with van der Waals surface area (Å²) in [7, 11) is 0. The Morgan fingerprint density at radius 2 is 1.69 bits per heavy atom. The number of rotatable bonds is 0. The van der Waals surface area contributed by atoms with E-state index in [1.807, 2.05) is 12.1 Å². The Balaban J connectivity index is 2.15. The zero-order valence-corrected chi connectivity index (χ0v) is 7.25. The lowest BCUT2D eigenvalue weighted by Crippen LogP contribution is -1.76. The van der Waals surface area contributed by atoms with Gasteiger partial charge in [-0.15, -0.1) is 0 Å². The molecule has 1 aromatic rings. The van der Waals surface area contributed by atoms with Crippen LogP contribution in [0.2, 0.25) is 0 Å². The average molecular weight is 167 g/mol. The quantitative estimate of drug-likeness (QED) is 0.544. The third-order valence-electron chi connectivity index (χ3n) is 2.01. The van der Waals surface area contributed by atoms with Crippen molar-refractivity contribution < 1.29 is 0 Å². The van der Waals surface area contributed by atoms with Crippen molar-refractivity contribution in [2.75, 3.05) is 0 Å². The summed E-state index contributed by atoms with van der Waals surface area (Å²) in [6, 6.07) is 9.48. The van der Waals surface area contributed by atoms with Crippen molar-refractivity contribution in [3.8, 4) is 17.9 Å². The highest BCUT2D eigenvalue weighted by molar-refractivity contribution is 5.40. The Morgan fingerprint density at radius 1 is 1.08 bits per heavy atom. The largest absolute Gasteiger partial charge is 0.192 e. The first kappa shape index (κ1) is 7.90. The van der Waals surface area contributed by atoms with Crippen molar-refractivity contribution in [1.82, 2.24) is 0 Å². The third kappa shape index (κ3) is 2.10. The second-order valence-electron chi connectivity index (χ2n) is 3.23. The maximum atomic E-state index is 8.57.